The molecule has 1 spiro atoms. The molecule has 2 aliphatic heterocycles. The van der Waals surface area contributed by atoms with Crippen molar-refractivity contribution in [2.24, 2.45) is 11.8 Å². The van der Waals surface area contributed by atoms with Crippen molar-refractivity contribution in [1.82, 2.24) is 15.1 Å². The molecule has 5 heteroatoms. The molecule has 1 aromatic rings. The van der Waals surface area contributed by atoms with E-state index in [-0.39, 0.29) is 17.9 Å². The zero-order chi connectivity index (χ0) is 24.6. The standard InChI is InChI=1S/C29H47N3O2/c1-23(2)15-19-32-27(33)26(22-24(3)4)30-28(34)29(32)16-20-31(21-17-29)18-11-6-5-8-12-25-13-9-7-10-14-25/h7,9-10,13-14,23-24,26H,5-6,8,11-12,15-22H2,1-4H3,(H,30,34)/t26-/m0/s1. The molecule has 2 fully saturated rings. The van der Waals surface area contributed by atoms with E-state index < -0.39 is 5.54 Å². The van der Waals surface area contributed by atoms with Gasteiger partial charge in [-0.3, -0.25) is 9.59 Å². The van der Waals surface area contributed by atoms with Gasteiger partial charge < -0.3 is 15.1 Å². The molecule has 0 radical (unpaired) electrons. The van der Waals surface area contributed by atoms with Crippen LogP contribution in [0, 0.1) is 11.8 Å². The van der Waals surface area contributed by atoms with Crippen molar-refractivity contribution in [3.05, 3.63) is 35.9 Å². The van der Waals surface area contributed by atoms with Crippen molar-refractivity contribution >= 4 is 11.8 Å². The summed E-state index contributed by atoms with van der Waals surface area (Å²) in [6.07, 6.45) is 9.32. The Morgan fingerprint density at radius 3 is 2.24 bits per heavy atom. The minimum Gasteiger partial charge on any atom is -0.342 e. The molecule has 1 atom stereocenters. The van der Waals surface area contributed by atoms with Crippen LogP contribution in [0.3, 0.4) is 0 Å². The number of nitrogens with zero attached hydrogens (tertiary/aromatic N) is 2. The molecule has 0 unspecified atom stereocenters. The summed E-state index contributed by atoms with van der Waals surface area (Å²) >= 11 is 0. The Morgan fingerprint density at radius 2 is 1.59 bits per heavy atom. The number of nitrogens with one attached hydrogen (secondary N) is 1. The van der Waals surface area contributed by atoms with Gasteiger partial charge in [0.2, 0.25) is 11.8 Å². The van der Waals surface area contributed by atoms with Crippen LogP contribution in [-0.4, -0.2) is 59.4 Å². The third kappa shape index (κ3) is 7.07. The molecule has 2 amide bonds. The summed E-state index contributed by atoms with van der Waals surface area (Å²) in [5, 5.41) is 3.12. The normalized spacial score (nSPS) is 21.0. The number of benzene rings is 1. The number of piperidine rings is 1. The van der Waals surface area contributed by atoms with E-state index in [2.05, 4.69) is 68.2 Å². The quantitative estimate of drug-likeness (QED) is 0.436. The van der Waals surface area contributed by atoms with Crippen LogP contribution in [0.1, 0.15) is 84.6 Å². The second-order valence-corrected chi connectivity index (χ2v) is 11.4. The van der Waals surface area contributed by atoms with Crippen LogP contribution in [0.25, 0.3) is 0 Å². The van der Waals surface area contributed by atoms with Crippen LogP contribution < -0.4 is 5.32 Å². The Bertz CT molecular complexity index is 769. The average Bonchev–Trinajstić information content (AvgIpc) is 2.81. The largest absolute Gasteiger partial charge is 0.342 e. The van der Waals surface area contributed by atoms with Gasteiger partial charge in [0.15, 0.2) is 0 Å². The molecule has 190 valence electrons. The highest BCUT2D eigenvalue weighted by Gasteiger charge is 2.53. The average molecular weight is 470 g/mol. The molecule has 2 saturated heterocycles. The fourth-order valence-corrected chi connectivity index (χ4v) is 5.52. The molecule has 1 N–H and O–H groups in total. The molecule has 2 heterocycles. The van der Waals surface area contributed by atoms with Crippen LogP contribution >= 0.6 is 0 Å². The molecular formula is C29H47N3O2. The minimum absolute atomic E-state index is 0.0852. The van der Waals surface area contributed by atoms with Crippen molar-refractivity contribution < 1.29 is 9.59 Å². The Hall–Kier alpha value is -1.88. The molecule has 1 aromatic carbocycles. The Morgan fingerprint density at radius 1 is 0.912 bits per heavy atom. The van der Waals surface area contributed by atoms with Crippen molar-refractivity contribution in [2.75, 3.05) is 26.2 Å². The number of rotatable bonds is 12. The number of likely N-dealkylation sites (tertiary alicyclic amines) is 1. The lowest BCUT2D eigenvalue weighted by Gasteiger charge is -2.52. The van der Waals surface area contributed by atoms with E-state index in [9.17, 15) is 9.59 Å². The Labute approximate surface area is 207 Å². The number of hydrogen-bond donors (Lipinski definition) is 1. The van der Waals surface area contributed by atoms with Gasteiger partial charge in [0, 0.05) is 19.6 Å². The van der Waals surface area contributed by atoms with Gasteiger partial charge >= 0.3 is 0 Å². The van der Waals surface area contributed by atoms with E-state index >= 15 is 0 Å². The van der Waals surface area contributed by atoms with Crippen LogP contribution in [0.2, 0.25) is 0 Å². The van der Waals surface area contributed by atoms with Gasteiger partial charge in [-0.1, -0.05) is 70.9 Å². The van der Waals surface area contributed by atoms with Crippen LogP contribution in [0.15, 0.2) is 30.3 Å². The first-order valence-electron chi connectivity index (χ1n) is 13.7. The first-order chi connectivity index (χ1) is 16.3. The van der Waals surface area contributed by atoms with Gasteiger partial charge in [0.25, 0.3) is 0 Å². The van der Waals surface area contributed by atoms with E-state index in [4.69, 9.17) is 0 Å². The van der Waals surface area contributed by atoms with Gasteiger partial charge in [-0.2, -0.15) is 0 Å². The second kappa shape index (κ2) is 12.7. The summed E-state index contributed by atoms with van der Waals surface area (Å²) in [5.41, 5.74) is 0.785. The zero-order valence-corrected chi connectivity index (χ0v) is 22.0. The predicted molar refractivity (Wildman–Crippen MR) is 140 cm³/mol. The summed E-state index contributed by atoms with van der Waals surface area (Å²) < 4.78 is 0. The number of carbonyl (C=O) groups excluding carboxylic acids is 2. The van der Waals surface area contributed by atoms with E-state index in [0.717, 1.165) is 45.3 Å². The molecule has 0 saturated carbocycles. The molecule has 3 rings (SSSR count). The molecular weight excluding hydrogens is 422 g/mol. The number of amides is 2. The topological polar surface area (TPSA) is 52.7 Å². The second-order valence-electron chi connectivity index (χ2n) is 11.4. The van der Waals surface area contributed by atoms with Crippen LogP contribution in [0.5, 0.6) is 0 Å². The zero-order valence-electron chi connectivity index (χ0n) is 22.0. The van der Waals surface area contributed by atoms with Gasteiger partial charge in [-0.05, 0) is 68.9 Å². The fourth-order valence-electron chi connectivity index (χ4n) is 5.52. The van der Waals surface area contributed by atoms with Crippen molar-refractivity contribution in [1.29, 1.82) is 0 Å². The van der Waals surface area contributed by atoms with Crippen LogP contribution in [0.4, 0.5) is 0 Å². The SMILES string of the molecule is CC(C)CCN1C(=O)[C@H](CC(C)C)NC(=O)C12CCN(CCCCCCc1ccccc1)CC2. The lowest BCUT2D eigenvalue weighted by Crippen LogP contribution is -2.73. The molecule has 2 aliphatic rings. The first kappa shape index (κ1) is 26.7. The van der Waals surface area contributed by atoms with Crippen molar-refractivity contribution in [3.63, 3.8) is 0 Å². The highest BCUT2D eigenvalue weighted by molar-refractivity contribution is 6.00. The highest BCUT2D eigenvalue weighted by Crippen LogP contribution is 2.34. The highest BCUT2D eigenvalue weighted by atomic mass is 16.2. The van der Waals surface area contributed by atoms with E-state index in [1.54, 1.807) is 0 Å². The number of unbranched alkanes of at least 4 members (excludes halogenated alkanes) is 3. The fraction of sp³-hybridized carbons (Fsp3) is 0.724. The summed E-state index contributed by atoms with van der Waals surface area (Å²) in [5.74, 6) is 1.12. The van der Waals surface area contributed by atoms with Crippen LogP contribution in [-0.2, 0) is 16.0 Å². The molecule has 5 nitrogen and oxygen atoms in total. The number of hydrogen-bond acceptors (Lipinski definition) is 3. The van der Waals surface area contributed by atoms with E-state index in [1.165, 1.54) is 37.7 Å². The lowest BCUT2D eigenvalue weighted by molar-refractivity contribution is -0.162. The van der Waals surface area contributed by atoms with Crippen molar-refractivity contribution in [3.8, 4) is 0 Å². The maximum absolute atomic E-state index is 13.4. The summed E-state index contributed by atoms with van der Waals surface area (Å²) in [6.45, 7) is 12.2. The van der Waals surface area contributed by atoms with Gasteiger partial charge in [-0.15, -0.1) is 0 Å². The number of aryl methyl sites for hydroxylation is 1. The summed E-state index contributed by atoms with van der Waals surface area (Å²) in [7, 11) is 0. The maximum Gasteiger partial charge on any atom is 0.246 e. The Kier molecular flexibility index (Phi) is 9.99. The number of piperazine rings is 1. The molecule has 34 heavy (non-hydrogen) atoms. The monoisotopic (exact) mass is 469 g/mol. The van der Waals surface area contributed by atoms with E-state index in [0.29, 0.717) is 18.4 Å². The minimum atomic E-state index is -0.647. The number of carbonyl (C=O) groups is 2. The Balaban J connectivity index is 1.48. The van der Waals surface area contributed by atoms with Gasteiger partial charge in [0.05, 0.1) is 0 Å². The van der Waals surface area contributed by atoms with Gasteiger partial charge in [0.1, 0.15) is 11.6 Å². The summed E-state index contributed by atoms with van der Waals surface area (Å²) in [4.78, 5) is 31.3. The predicted octanol–water partition coefficient (Wildman–Crippen LogP) is 5.04. The van der Waals surface area contributed by atoms with Gasteiger partial charge in [-0.25, -0.2) is 0 Å². The lowest BCUT2D eigenvalue weighted by atomic mass is 9.80. The summed E-state index contributed by atoms with van der Waals surface area (Å²) in [6, 6.07) is 10.4. The smallest absolute Gasteiger partial charge is 0.246 e. The van der Waals surface area contributed by atoms with Crippen molar-refractivity contribution in [2.45, 2.75) is 97.1 Å². The third-order valence-electron chi connectivity index (χ3n) is 7.66. The first-order valence-corrected chi connectivity index (χ1v) is 13.7. The molecule has 0 bridgehead atoms. The molecule has 0 aliphatic carbocycles. The maximum atomic E-state index is 13.4. The van der Waals surface area contributed by atoms with E-state index in [1.807, 2.05) is 4.90 Å². The molecule has 0 aromatic heterocycles. The third-order valence-corrected chi connectivity index (χ3v) is 7.66.